The molecule has 1 unspecified atom stereocenters. The first-order valence-electron chi connectivity index (χ1n) is 16.3. The number of ether oxygens (including phenoxy) is 4. The SMILES string of the molecule is CCC(C)(CC(C)(C)C(=O)OCCNC(=O)Oc1cccc(-c2ccccn2)c1)C(=O)OCCNC(=O)Oc1cccc(-c2ccccn2)c1. The first kappa shape index (κ1) is 37.0. The third kappa shape index (κ3) is 10.9. The molecule has 12 heteroatoms. The highest BCUT2D eigenvalue weighted by molar-refractivity contribution is 5.80. The molecule has 0 radical (unpaired) electrons. The van der Waals surface area contributed by atoms with Gasteiger partial charge in [0.1, 0.15) is 24.7 Å². The zero-order valence-electron chi connectivity index (χ0n) is 28.6. The van der Waals surface area contributed by atoms with E-state index >= 15 is 0 Å². The fourth-order valence-corrected chi connectivity index (χ4v) is 5.14. The normalized spacial score (nSPS) is 12.2. The lowest BCUT2D eigenvalue weighted by Crippen LogP contribution is -2.40. The number of benzene rings is 2. The molecule has 12 nitrogen and oxygen atoms in total. The molecule has 2 amide bonds. The molecule has 0 spiro atoms. The predicted octanol–water partition coefficient (Wildman–Crippen LogP) is 6.61. The molecule has 4 rings (SSSR count). The van der Waals surface area contributed by atoms with Gasteiger partial charge in [0.25, 0.3) is 0 Å². The van der Waals surface area contributed by atoms with Crippen LogP contribution in [-0.2, 0) is 19.1 Å². The Labute approximate surface area is 291 Å². The van der Waals surface area contributed by atoms with Crippen LogP contribution >= 0.6 is 0 Å². The number of hydrogen-bond acceptors (Lipinski definition) is 10. The second-order valence-corrected chi connectivity index (χ2v) is 12.4. The van der Waals surface area contributed by atoms with Gasteiger partial charge in [-0.05, 0) is 82.1 Å². The van der Waals surface area contributed by atoms with Crippen molar-refractivity contribution < 1.29 is 38.1 Å². The summed E-state index contributed by atoms with van der Waals surface area (Å²) in [6, 6.07) is 25.0. The summed E-state index contributed by atoms with van der Waals surface area (Å²) in [6.45, 7) is 6.81. The van der Waals surface area contributed by atoms with Gasteiger partial charge in [-0.2, -0.15) is 0 Å². The minimum absolute atomic E-state index is 0.0266. The second kappa shape index (κ2) is 17.6. The average molecular weight is 683 g/mol. The number of carbonyl (C=O) groups is 4. The fourth-order valence-electron chi connectivity index (χ4n) is 5.14. The van der Waals surface area contributed by atoms with Crippen molar-refractivity contribution in [3.8, 4) is 34.0 Å². The van der Waals surface area contributed by atoms with Crippen LogP contribution < -0.4 is 20.1 Å². The minimum Gasteiger partial charge on any atom is -0.463 e. The van der Waals surface area contributed by atoms with Crippen molar-refractivity contribution in [1.82, 2.24) is 20.6 Å². The van der Waals surface area contributed by atoms with Gasteiger partial charge in [0.05, 0.1) is 35.3 Å². The number of esters is 2. The molecule has 0 aliphatic heterocycles. The number of carbonyl (C=O) groups excluding carboxylic acids is 4. The Hall–Kier alpha value is -5.78. The Morgan fingerprint density at radius 2 is 1.12 bits per heavy atom. The molecule has 2 heterocycles. The van der Waals surface area contributed by atoms with E-state index in [0.29, 0.717) is 17.9 Å². The molecular weight excluding hydrogens is 640 g/mol. The highest BCUT2D eigenvalue weighted by Gasteiger charge is 2.43. The highest BCUT2D eigenvalue weighted by Crippen LogP contribution is 2.38. The number of pyridine rings is 2. The van der Waals surface area contributed by atoms with Gasteiger partial charge in [-0.3, -0.25) is 19.6 Å². The molecule has 0 saturated heterocycles. The van der Waals surface area contributed by atoms with E-state index in [2.05, 4.69) is 20.6 Å². The third-order valence-corrected chi connectivity index (χ3v) is 7.88. The Morgan fingerprint density at radius 1 is 0.640 bits per heavy atom. The smallest absolute Gasteiger partial charge is 0.412 e. The van der Waals surface area contributed by atoms with Crippen LogP contribution in [0.4, 0.5) is 9.59 Å². The molecule has 0 aliphatic rings. The monoisotopic (exact) mass is 682 g/mol. The fraction of sp³-hybridized carbons (Fsp3) is 0.316. The summed E-state index contributed by atoms with van der Waals surface area (Å²) in [5.74, 6) is -0.350. The van der Waals surface area contributed by atoms with Crippen LogP contribution in [0.15, 0.2) is 97.3 Å². The molecule has 0 bridgehead atoms. The van der Waals surface area contributed by atoms with Crippen LogP contribution in [0, 0.1) is 10.8 Å². The van der Waals surface area contributed by atoms with E-state index in [0.717, 1.165) is 22.5 Å². The van der Waals surface area contributed by atoms with E-state index < -0.39 is 35.0 Å². The maximum atomic E-state index is 13.1. The Bertz CT molecular complexity index is 1750. The van der Waals surface area contributed by atoms with Crippen molar-refractivity contribution in [1.29, 1.82) is 0 Å². The van der Waals surface area contributed by atoms with Crippen molar-refractivity contribution in [2.24, 2.45) is 10.8 Å². The van der Waals surface area contributed by atoms with Crippen molar-refractivity contribution in [3.05, 3.63) is 97.3 Å². The van der Waals surface area contributed by atoms with E-state index in [1.165, 1.54) is 0 Å². The van der Waals surface area contributed by atoms with E-state index in [1.807, 2.05) is 55.5 Å². The highest BCUT2D eigenvalue weighted by atomic mass is 16.6. The Kier molecular flexibility index (Phi) is 13.0. The van der Waals surface area contributed by atoms with Crippen LogP contribution in [0.5, 0.6) is 11.5 Å². The van der Waals surface area contributed by atoms with Crippen molar-refractivity contribution >= 4 is 24.1 Å². The first-order valence-corrected chi connectivity index (χ1v) is 16.3. The number of nitrogens with zero attached hydrogens (tertiary/aromatic N) is 2. The largest absolute Gasteiger partial charge is 0.463 e. The number of rotatable bonds is 15. The lowest BCUT2D eigenvalue weighted by atomic mass is 9.72. The van der Waals surface area contributed by atoms with E-state index in [-0.39, 0.29) is 32.7 Å². The zero-order valence-corrected chi connectivity index (χ0v) is 28.6. The van der Waals surface area contributed by atoms with Gasteiger partial charge in [-0.25, -0.2) is 9.59 Å². The minimum atomic E-state index is -1.04. The van der Waals surface area contributed by atoms with Crippen LogP contribution in [0.3, 0.4) is 0 Å². The van der Waals surface area contributed by atoms with E-state index in [1.54, 1.807) is 69.6 Å². The molecule has 50 heavy (non-hydrogen) atoms. The lowest BCUT2D eigenvalue weighted by molar-refractivity contribution is -0.163. The number of hydrogen-bond donors (Lipinski definition) is 2. The molecule has 2 aromatic heterocycles. The molecule has 2 aromatic carbocycles. The summed E-state index contributed by atoms with van der Waals surface area (Å²) in [5.41, 5.74) is 1.05. The third-order valence-electron chi connectivity index (χ3n) is 7.88. The lowest BCUT2D eigenvalue weighted by Gasteiger charge is -2.33. The second-order valence-electron chi connectivity index (χ2n) is 12.4. The number of nitrogens with one attached hydrogen (secondary N) is 2. The van der Waals surface area contributed by atoms with Gasteiger partial charge in [0.15, 0.2) is 0 Å². The summed E-state index contributed by atoms with van der Waals surface area (Å²) in [5, 5.41) is 5.14. The van der Waals surface area contributed by atoms with E-state index in [4.69, 9.17) is 18.9 Å². The molecule has 0 aliphatic carbocycles. The van der Waals surface area contributed by atoms with Gasteiger partial charge in [-0.1, -0.05) is 43.3 Å². The maximum absolute atomic E-state index is 13.1. The molecule has 1 atom stereocenters. The summed E-state index contributed by atoms with van der Waals surface area (Å²) in [4.78, 5) is 59.3. The standard InChI is InChI=1S/C38H42N4O8/c1-5-38(4,34(44)48-23-21-42-36(46)50-30-15-11-13-28(25-30)32-17-7-9-19-40-32)26-37(2,3)33(43)47-22-20-41-35(45)49-29-14-10-12-27(24-29)31-16-6-8-18-39-31/h6-19,24-25H,5,20-23,26H2,1-4H3,(H,41,45)(H,42,46). The van der Waals surface area contributed by atoms with Gasteiger partial charge < -0.3 is 29.6 Å². The van der Waals surface area contributed by atoms with Crippen LogP contribution in [0.25, 0.3) is 22.5 Å². The van der Waals surface area contributed by atoms with Crippen molar-refractivity contribution in [2.45, 2.75) is 40.5 Å². The van der Waals surface area contributed by atoms with Crippen LogP contribution in [-0.4, -0.2) is 60.4 Å². The Morgan fingerprint density at radius 3 is 1.56 bits per heavy atom. The molecule has 262 valence electrons. The quantitative estimate of drug-likeness (QED) is 0.103. The van der Waals surface area contributed by atoms with Crippen LogP contribution in [0.1, 0.15) is 40.5 Å². The zero-order chi connectivity index (χ0) is 36.0. The molecule has 0 fully saturated rings. The van der Waals surface area contributed by atoms with Crippen LogP contribution in [0.2, 0.25) is 0 Å². The average Bonchev–Trinajstić information content (AvgIpc) is 3.12. The van der Waals surface area contributed by atoms with Gasteiger partial charge in [0.2, 0.25) is 0 Å². The topological polar surface area (TPSA) is 155 Å². The van der Waals surface area contributed by atoms with Crippen molar-refractivity contribution in [3.63, 3.8) is 0 Å². The van der Waals surface area contributed by atoms with Gasteiger partial charge in [0, 0.05) is 23.5 Å². The number of aromatic nitrogens is 2. The molecular formula is C38H42N4O8. The summed E-state index contributed by atoms with van der Waals surface area (Å²) in [6.07, 6.45) is 2.52. The van der Waals surface area contributed by atoms with Gasteiger partial charge >= 0.3 is 24.1 Å². The van der Waals surface area contributed by atoms with Crippen molar-refractivity contribution in [2.75, 3.05) is 26.3 Å². The first-order chi connectivity index (χ1) is 24.0. The van der Waals surface area contributed by atoms with E-state index in [9.17, 15) is 19.2 Å². The molecule has 4 aromatic rings. The summed E-state index contributed by atoms with van der Waals surface area (Å²) >= 11 is 0. The summed E-state index contributed by atoms with van der Waals surface area (Å²) in [7, 11) is 0. The summed E-state index contributed by atoms with van der Waals surface area (Å²) < 4.78 is 21.6. The maximum Gasteiger partial charge on any atom is 0.412 e. The van der Waals surface area contributed by atoms with Gasteiger partial charge in [-0.15, -0.1) is 0 Å². The number of amides is 2. The Balaban J connectivity index is 1.16. The molecule has 2 N–H and O–H groups in total. The predicted molar refractivity (Wildman–Crippen MR) is 186 cm³/mol. The molecule has 0 saturated carbocycles.